The van der Waals surface area contributed by atoms with Crippen LogP contribution in [0.1, 0.15) is 18.1 Å². The van der Waals surface area contributed by atoms with E-state index >= 15 is 0 Å². The third kappa shape index (κ3) is 3.43. The number of hydrogen-bond acceptors (Lipinski definition) is 4. The number of nitrogens with zero attached hydrogens (tertiary/aromatic N) is 1. The quantitative estimate of drug-likeness (QED) is 0.771. The Morgan fingerprint density at radius 3 is 2.64 bits per heavy atom. The van der Waals surface area contributed by atoms with Gasteiger partial charge in [-0.1, -0.05) is 13.0 Å². The van der Waals surface area contributed by atoms with Crippen molar-refractivity contribution in [2.45, 2.75) is 26.8 Å². The second-order valence-electron chi connectivity index (χ2n) is 4.93. The Morgan fingerprint density at radius 1 is 1.32 bits per heavy atom. The predicted octanol–water partition coefficient (Wildman–Crippen LogP) is 1.24. The van der Waals surface area contributed by atoms with Crippen molar-refractivity contribution in [2.24, 2.45) is 0 Å². The number of carboxylic acids is 1. The van der Waals surface area contributed by atoms with Crippen molar-refractivity contribution in [3.05, 3.63) is 56.2 Å². The zero-order valence-electron chi connectivity index (χ0n) is 12.3. The first-order valence-corrected chi connectivity index (χ1v) is 6.83. The largest absolute Gasteiger partial charge is 0.480 e. The molecule has 0 aliphatic heterocycles. The number of aryl methyl sites for hydroxylation is 2. The van der Waals surface area contributed by atoms with Crippen LogP contribution in [-0.4, -0.2) is 20.6 Å². The molecule has 1 aromatic carbocycles. The third-order valence-electron chi connectivity index (χ3n) is 3.32. The van der Waals surface area contributed by atoms with Crippen LogP contribution in [0, 0.1) is 6.92 Å². The molecule has 7 heteroatoms. The number of H-pyrrole nitrogens is 1. The fourth-order valence-electron chi connectivity index (χ4n) is 2.16. The highest BCUT2D eigenvalue weighted by Gasteiger charge is 2.08. The summed E-state index contributed by atoms with van der Waals surface area (Å²) < 4.78 is 0.625. The highest BCUT2D eigenvalue weighted by Crippen LogP contribution is 2.18. The van der Waals surface area contributed by atoms with Crippen molar-refractivity contribution in [1.29, 1.82) is 0 Å². The minimum Gasteiger partial charge on any atom is -0.480 e. The highest BCUT2D eigenvalue weighted by molar-refractivity contribution is 5.66. The van der Waals surface area contributed by atoms with Crippen molar-refractivity contribution in [3.63, 3.8) is 0 Å². The molecule has 7 nitrogen and oxygen atoms in total. The van der Waals surface area contributed by atoms with Crippen LogP contribution in [0.2, 0.25) is 0 Å². The maximum Gasteiger partial charge on any atom is 0.330 e. The lowest BCUT2D eigenvalue weighted by Crippen LogP contribution is -2.37. The summed E-state index contributed by atoms with van der Waals surface area (Å²) >= 11 is 0. The maximum atomic E-state index is 11.8. The van der Waals surface area contributed by atoms with E-state index in [9.17, 15) is 14.4 Å². The summed E-state index contributed by atoms with van der Waals surface area (Å²) in [5.74, 6) is -1.03. The number of rotatable bonds is 5. The van der Waals surface area contributed by atoms with Crippen LogP contribution in [0.5, 0.6) is 0 Å². The Hall–Kier alpha value is -2.83. The Balaban J connectivity index is 2.33. The number of carbonyl (C=O) groups is 1. The first-order chi connectivity index (χ1) is 10.4. The molecule has 0 unspecified atom stereocenters. The van der Waals surface area contributed by atoms with Gasteiger partial charge in [0.15, 0.2) is 0 Å². The normalized spacial score (nSPS) is 10.5. The molecule has 1 aromatic heterocycles. The van der Waals surface area contributed by atoms with Crippen LogP contribution in [0.4, 0.5) is 11.5 Å². The number of nitrogens with one attached hydrogen (secondary N) is 2. The number of aromatic amines is 1. The summed E-state index contributed by atoms with van der Waals surface area (Å²) in [5.41, 5.74) is 1.63. The van der Waals surface area contributed by atoms with Crippen molar-refractivity contribution in [3.8, 4) is 0 Å². The van der Waals surface area contributed by atoms with Gasteiger partial charge < -0.3 is 10.4 Å². The molecule has 0 saturated carbocycles. The van der Waals surface area contributed by atoms with Gasteiger partial charge in [0.25, 0.3) is 5.56 Å². The molecule has 1 heterocycles. The third-order valence-corrected chi connectivity index (χ3v) is 3.32. The summed E-state index contributed by atoms with van der Waals surface area (Å²) in [5, 5.41) is 11.6. The second-order valence-corrected chi connectivity index (χ2v) is 4.93. The first kappa shape index (κ1) is 15.6. The molecule has 0 bridgehead atoms. The van der Waals surface area contributed by atoms with Crippen molar-refractivity contribution < 1.29 is 9.90 Å². The lowest BCUT2D eigenvalue weighted by molar-refractivity contribution is -0.137. The maximum absolute atomic E-state index is 11.8. The fraction of sp³-hybridized carbons (Fsp3) is 0.267. The molecular formula is C15H17N3O4. The smallest absolute Gasteiger partial charge is 0.330 e. The van der Waals surface area contributed by atoms with Gasteiger partial charge in [-0.25, -0.2) is 9.36 Å². The molecule has 0 aliphatic carbocycles. The molecular weight excluding hydrogens is 286 g/mol. The van der Waals surface area contributed by atoms with E-state index in [1.807, 2.05) is 32.0 Å². The van der Waals surface area contributed by atoms with Gasteiger partial charge in [0, 0.05) is 11.8 Å². The molecule has 0 radical (unpaired) electrons. The standard InChI is InChI=1S/C15H17N3O4/c1-3-10-6-11(5-4-9(10)2)16-12-7-13(19)18(8-14(20)21)15(22)17-12/h4-7,16H,3,8H2,1-2H3,(H,17,22)(H,20,21). The zero-order chi connectivity index (χ0) is 16.3. The molecule has 0 atom stereocenters. The summed E-state index contributed by atoms with van der Waals surface area (Å²) in [4.78, 5) is 36.7. The topological polar surface area (TPSA) is 104 Å². The van der Waals surface area contributed by atoms with E-state index in [0.717, 1.165) is 23.7 Å². The second kappa shape index (κ2) is 6.30. The Bertz CT molecular complexity index is 789. The molecule has 0 spiro atoms. The van der Waals surface area contributed by atoms with Crippen molar-refractivity contribution in [1.82, 2.24) is 9.55 Å². The van der Waals surface area contributed by atoms with E-state index in [1.165, 1.54) is 5.56 Å². The van der Waals surface area contributed by atoms with Crippen LogP contribution in [0.15, 0.2) is 33.9 Å². The number of aromatic nitrogens is 2. The average molecular weight is 303 g/mol. The monoisotopic (exact) mass is 303 g/mol. The van der Waals surface area contributed by atoms with E-state index in [0.29, 0.717) is 4.57 Å². The molecule has 2 rings (SSSR count). The molecule has 3 N–H and O–H groups in total. The number of anilines is 2. The first-order valence-electron chi connectivity index (χ1n) is 6.83. The molecule has 22 heavy (non-hydrogen) atoms. The zero-order valence-corrected chi connectivity index (χ0v) is 12.3. The van der Waals surface area contributed by atoms with Crippen LogP contribution in [0.25, 0.3) is 0 Å². The van der Waals surface area contributed by atoms with Crippen molar-refractivity contribution in [2.75, 3.05) is 5.32 Å². The molecule has 0 saturated heterocycles. The van der Waals surface area contributed by atoms with Crippen LogP contribution in [-0.2, 0) is 17.8 Å². The molecule has 116 valence electrons. The molecule has 0 aliphatic rings. The van der Waals surface area contributed by atoms with Gasteiger partial charge in [-0.15, -0.1) is 0 Å². The SMILES string of the molecule is CCc1cc(Nc2cc(=O)n(CC(=O)O)c(=O)[nH]2)ccc1C. The van der Waals surface area contributed by atoms with Gasteiger partial charge in [0.05, 0.1) is 0 Å². The number of benzene rings is 1. The van der Waals surface area contributed by atoms with E-state index in [1.54, 1.807) is 0 Å². The van der Waals surface area contributed by atoms with Gasteiger partial charge in [-0.05, 0) is 36.6 Å². The summed E-state index contributed by atoms with van der Waals surface area (Å²) in [6, 6.07) is 6.90. The Labute approximate surface area is 126 Å². The lowest BCUT2D eigenvalue weighted by Gasteiger charge is -2.10. The highest BCUT2D eigenvalue weighted by atomic mass is 16.4. The molecule has 0 fully saturated rings. The summed E-state index contributed by atoms with van der Waals surface area (Å²) in [6.07, 6.45) is 0.873. The lowest BCUT2D eigenvalue weighted by atomic mass is 10.1. The molecule has 2 aromatic rings. The van der Waals surface area contributed by atoms with Crippen LogP contribution >= 0.6 is 0 Å². The Kier molecular flexibility index (Phi) is 4.45. The van der Waals surface area contributed by atoms with E-state index < -0.39 is 23.8 Å². The minimum atomic E-state index is -1.25. The van der Waals surface area contributed by atoms with Crippen molar-refractivity contribution >= 4 is 17.5 Å². The predicted molar refractivity (Wildman–Crippen MR) is 82.8 cm³/mol. The van der Waals surface area contributed by atoms with Gasteiger partial charge in [0.2, 0.25) is 0 Å². The summed E-state index contributed by atoms with van der Waals surface area (Å²) in [7, 11) is 0. The Morgan fingerprint density at radius 2 is 2.05 bits per heavy atom. The number of hydrogen-bond donors (Lipinski definition) is 3. The number of aliphatic carboxylic acids is 1. The van der Waals surface area contributed by atoms with Crippen LogP contribution in [0.3, 0.4) is 0 Å². The van der Waals surface area contributed by atoms with Gasteiger partial charge in [0.1, 0.15) is 12.4 Å². The van der Waals surface area contributed by atoms with Gasteiger partial charge >= 0.3 is 11.7 Å². The molecule has 0 amide bonds. The van der Waals surface area contributed by atoms with Gasteiger partial charge in [-0.3, -0.25) is 14.6 Å². The minimum absolute atomic E-state index is 0.225. The van der Waals surface area contributed by atoms with E-state index in [2.05, 4.69) is 10.3 Å². The van der Waals surface area contributed by atoms with E-state index in [4.69, 9.17) is 5.11 Å². The average Bonchev–Trinajstić information content (AvgIpc) is 2.45. The number of carboxylic acid groups (broad SMARTS) is 1. The summed E-state index contributed by atoms with van der Waals surface area (Å²) in [6.45, 7) is 3.39. The van der Waals surface area contributed by atoms with Crippen LogP contribution < -0.4 is 16.6 Å². The van der Waals surface area contributed by atoms with E-state index in [-0.39, 0.29) is 5.82 Å². The fourth-order valence-corrected chi connectivity index (χ4v) is 2.16. The van der Waals surface area contributed by atoms with Gasteiger partial charge in [-0.2, -0.15) is 0 Å².